The van der Waals surface area contributed by atoms with Crippen LogP contribution in [0.1, 0.15) is 40.0 Å². The quantitative estimate of drug-likeness (QED) is 0.521. The first-order valence-corrected chi connectivity index (χ1v) is 4.98. The molecule has 0 unspecified atom stereocenters. The molecule has 0 spiro atoms. The summed E-state index contributed by atoms with van der Waals surface area (Å²) in [5.74, 6) is 1.49. The van der Waals surface area contributed by atoms with E-state index < -0.39 is 0 Å². The molecule has 0 heterocycles. The van der Waals surface area contributed by atoms with Crippen molar-refractivity contribution in [2.75, 3.05) is 12.4 Å². The Kier molecular flexibility index (Phi) is 16.2. The second-order valence-electron chi connectivity index (χ2n) is 3.03. The molecule has 0 saturated heterocycles. The smallest absolute Gasteiger partial charge is 0.0223 e. The van der Waals surface area contributed by atoms with Crippen molar-refractivity contribution >= 4 is 11.6 Å². The van der Waals surface area contributed by atoms with Gasteiger partial charge in [-0.2, -0.15) is 0 Å². The molecule has 0 rings (SSSR count). The third-order valence-corrected chi connectivity index (χ3v) is 1.48. The predicted octanol–water partition coefficient (Wildman–Crippen LogP) is 3.02. The van der Waals surface area contributed by atoms with E-state index in [1.165, 1.54) is 19.3 Å². The summed E-state index contributed by atoms with van der Waals surface area (Å²) in [6.45, 7) is 7.17. The minimum Gasteiger partial charge on any atom is -0.330 e. The van der Waals surface area contributed by atoms with E-state index in [9.17, 15) is 0 Å². The maximum atomic E-state index is 5.38. The van der Waals surface area contributed by atoms with E-state index >= 15 is 0 Å². The summed E-state index contributed by atoms with van der Waals surface area (Å²) >= 11 is 5.38. The van der Waals surface area contributed by atoms with Crippen molar-refractivity contribution in [3.05, 3.63) is 0 Å². The van der Waals surface area contributed by atoms with Gasteiger partial charge in [0.25, 0.3) is 0 Å². The molecule has 0 fully saturated rings. The first-order chi connectivity index (χ1) is 5.18. The van der Waals surface area contributed by atoms with Crippen molar-refractivity contribution in [1.29, 1.82) is 0 Å². The van der Waals surface area contributed by atoms with Gasteiger partial charge in [-0.15, -0.1) is 11.6 Å². The van der Waals surface area contributed by atoms with E-state index in [-0.39, 0.29) is 0 Å². The van der Waals surface area contributed by atoms with Crippen LogP contribution in [0.5, 0.6) is 0 Å². The molecule has 0 amide bonds. The molecule has 11 heavy (non-hydrogen) atoms. The standard InChI is InChI=1S/C5H11Cl.C4H11N/c1-2-3-4-5-6;1-4(2)3-5/h2-5H2,1H3;4H,3,5H2,1-2H3. The first kappa shape index (κ1) is 13.8. The summed E-state index contributed by atoms with van der Waals surface area (Å²) in [6.07, 6.45) is 3.73. The fourth-order valence-electron chi connectivity index (χ4n) is 0.344. The molecule has 0 aromatic carbocycles. The third kappa shape index (κ3) is 25.3. The molecule has 0 aliphatic carbocycles. The Bertz CT molecular complexity index is 51.5. The number of unbranched alkanes of at least 4 members (excludes halogenated alkanes) is 2. The highest BCUT2D eigenvalue weighted by atomic mass is 35.5. The van der Waals surface area contributed by atoms with Crippen molar-refractivity contribution in [1.82, 2.24) is 0 Å². The fraction of sp³-hybridized carbons (Fsp3) is 1.00. The van der Waals surface area contributed by atoms with Crippen LogP contribution >= 0.6 is 11.6 Å². The van der Waals surface area contributed by atoms with Crippen molar-refractivity contribution in [3.8, 4) is 0 Å². The maximum absolute atomic E-state index is 5.38. The van der Waals surface area contributed by atoms with Gasteiger partial charge in [-0.05, 0) is 18.9 Å². The fourth-order valence-corrected chi connectivity index (χ4v) is 0.533. The van der Waals surface area contributed by atoms with Gasteiger partial charge in [0.1, 0.15) is 0 Å². The molecule has 0 radical (unpaired) electrons. The number of rotatable bonds is 4. The van der Waals surface area contributed by atoms with Crippen LogP contribution in [0.25, 0.3) is 0 Å². The summed E-state index contributed by atoms with van der Waals surface area (Å²) in [5, 5.41) is 0. The van der Waals surface area contributed by atoms with Gasteiger partial charge in [0.15, 0.2) is 0 Å². The van der Waals surface area contributed by atoms with Crippen molar-refractivity contribution in [2.24, 2.45) is 11.7 Å². The zero-order valence-corrected chi connectivity index (χ0v) is 8.82. The van der Waals surface area contributed by atoms with Gasteiger partial charge in [0, 0.05) is 5.88 Å². The highest BCUT2D eigenvalue weighted by Gasteiger charge is 1.80. The molecular formula is C9H22ClN. The van der Waals surface area contributed by atoms with E-state index in [1.54, 1.807) is 0 Å². The highest BCUT2D eigenvalue weighted by Crippen LogP contribution is 1.93. The third-order valence-electron chi connectivity index (χ3n) is 1.21. The zero-order valence-electron chi connectivity index (χ0n) is 8.07. The van der Waals surface area contributed by atoms with Crippen LogP contribution in [0.15, 0.2) is 0 Å². The van der Waals surface area contributed by atoms with Crippen LogP contribution in [0.3, 0.4) is 0 Å². The first-order valence-electron chi connectivity index (χ1n) is 4.45. The van der Waals surface area contributed by atoms with Crippen LogP contribution in [0, 0.1) is 5.92 Å². The summed E-state index contributed by atoms with van der Waals surface area (Å²) < 4.78 is 0. The minimum absolute atomic E-state index is 0.662. The summed E-state index contributed by atoms with van der Waals surface area (Å²) in [5.41, 5.74) is 5.17. The number of hydrogen-bond acceptors (Lipinski definition) is 1. The second-order valence-corrected chi connectivity index (χ2v) is 3.40. The average molecular weight is 180 g/mol. The summed E-state index contributed by atoms with van der Waals surface area (Å²) in [7, 11) is 0. The van der Waals surface area contributed by atoms with Crippen molar-refractivity contribution in [2.45, 2.75) is 40.0 Å². The summed E-state index contributed by atoms with van der Waals surface area (Å²) in [6, 6.07) is 0. The Morgan fingerprint density at radius 1 is 1.27 bits per heavy atom. The molecule has 0 aliphatic rings. The average Bonchev–Trinajstić information content (AvgIpc) is 2.02. The minimum atomic E-state index is 0.662. The van der Waals surface area contributed by atoms with Gasteiger partial charge < -0.3 is 5.73 Å². The van der Waals surface area contributed by atoms with Gasteiger partial charge in [-0.25, -0.2) is 0 Å². The molecule has 0 bridgehead atoms. The van der Waals surface area contributed by atoms with Gasteiger partial charge in [0.2, 0.25) is 0 Å². The predicted molar refractivity (Wildman–Crippen MR) is 54.1 cm³/mol. The molecule has 1 nitrogen and oxygen atoms in total. The van der Waals surface area contributed by atoms with E-state index in [0.717, 1.165) is 12.4 Å². The SMILES string of the molecule is CC(C)CN.CCCCCCl. The lowest BCUT2D eigenvalue weighted by Gasteiger charge is -1.91. The van der Waals surface area contributed by atoms with E-state index in [1.807, 2.05) is 0 Å². The molecule has 0 aliphatic heterocycles. The van der Waals surface area contributed by atoms with Crippen LogP contribution in [0.4, 0.5) is 0 Å². The van der Waals surface area contributed by atoms with Crippen LogP contribution < -0.4 is 5.73 Å². The van der Waals surface area contributed by atoms with Gasteiger partial charge in [-0.1, -0.05) is 33.6 Å². The molecule has 0 aromatic rings. The molecule has 2 heteroatoms. The lowest BCUT2D eigenvalue weighted by atomic mass is 10.2. The van der Waals surface area contributed by atoms with E-state index in [4.69, 9.17) is 17.3 Å². The number of halogens is 1. The van der Waals surface area contributed by atoms with E-state index in [0.29, 0.717) is 5.92 Å². The molecule has 0 atom stereocenters. The van der Waals surface area contributed by atoms with Gasteiger partial charge >= 0.3 is 0 Å². The molecule has 0 aromatic heterocycles. The lowest BCUT2D eigenvalue weighted by Crippen LogP contribution is -2.05. The monoisotopic (exact) mass is 179 g/mol. The lowest BCUT2D eigenvalue weighted by molar-refractivity contribution is 0.664. The number of nitrogens with two attached hydrogens (primary N) is 1. The Hall–Kier alpha value is 0.250. The second kappa shape index (κ2) is 12.9. The van der Waals surface area contributed by atoms with Gasteiger partial charge in [0.05, 0.1) is 0 Å². The molecule has 2 N–H and O–H groups in total. The number of hydrogen-bond donors (Lipinski definition) is 1. The van der Waals surface area contributed by atoms with E-state index in [2.05, 4.69) is 20.8 Å². The largest absolute Gasteiger partial charge is 0.330 e. The van der Waals surface area contributed by atoms with Crippen LogP contribution in [-0.2, 0) is 0 Å². The van der Waals surface area contributed by atoms with Crippen LogP contribution in [0.2, 0.25) is 0 Å². The maximum Gasteiger partial charge on any atom is 0.0223 e. The highest BCUT2D eigenvalue weighted by molar-refractivity contribution is 6.17. The van der Waals surface area contributed by atoms with Crippen LogP contribution in [-0.4, -0.2) is 12.4 Å². The van der Waals surface area contributed by atoms with Crippen molar-refractivity contribution < 1.29 is 0 Å². The topological polar surface area (TPSA) is 26.0 Å². The molecule has 70 valence electrons. The normalized spacial score (nSPS) is 9.27. The summed E-state index contributed by atoms with van der Waals surface area (Å²) in [4.78, 5) is 0. The Morgan fingerprint density at radius 2 is 1.73 bits per heavy atom. The number of alkyl halides is 1. The Labute approximate surface area is 76.3 Å². The Morgan fingerprint density at radius 3 is 1.82 bits per heavy atom. The zero-order chi connectivity index (χ0) is 9.11. The molecular weight excluding hydrogens is 158 g/mol. The molecule has 0 saturated carbocycles. The Balaban J connectivity index is 0. The van der Waals surface area contributed by atoms with Crippen molar-refractivity contribution in [3.63, 3.8) is 0 Å². The van der Waals surface area contributed by atoms with Gasteiger partial charge in [-0.3, -0.25) is 0 Å².